The lowest BCUT2D eigenvalue weighted by Crippen LogP contribution is -2.30. The minimum atomic E-state index is -0.277. The van der Waals surface area contributed by atoms with E-state index >= 15 is 0 Å². The van der Waals surface area contributed by atoms with Gasteiger partial charge in [0.2, 0.25) is 0 Å². The molecule has 1 N–H and O–H groups in total. The molecule has 6 heteroatoms. The summed E-state index contributed by atoms with van der Waals surface area (Å²) in [6.45, 7) is 0.613. The summed E-state index contributed by atoms with van der Waals surface area (Å²) in [6, 6.07) is 14.6. The minimum Gasteiger partial charge on any atom is -0.345 e. The van der Waals surface area contributed by atoms with Crippen LogP contribution in [-0.4, -0.2) is 21.4 Å². The molecule has 1 aliphatic rings. The van der Waals surface area contributed by atoms with Gasteiger partial charge in [-0.3, -0.25) is 9.48 Å². The number of benzene rings is 2. The Labute approximate surface area is 155 Å². The number of nitrogens with one attached hydrogen (secondary N) is 1. The van der Waals surface area contributed by atoms with Crippen LogP contribution < -0.4 is 5.32 Å². The zero-order valence-electron chi connectivity index (χ0n) is 14.1. The average Bonchev–Trinajstić information content (AvgIpc) is 3.12. The Morgan fingerprint density at radius 3 is 2.96 bits per heavy atom. The van der Waals surface area contributed by atoms with Gasteiger partial charge in [0, 0.05) is 16.8 Å². The molecule has 2 heterocycles. The zero-order valence-corrected chi connectivity index (χ0v) is 14.9. The van der Waals surface area contributed by atoms with Crippen LogP contribution in [0.5, 0.6) is 0 Å². The van der Waals surface area contributed by atoms with Crippen LogP contribution in [0.15, 0.2) is 65.8 Å². The highest BCUT2D eigenvalue weighted by molar-refractivity contribution is 7.99. The van der Waals surface area contributed by atoms with Gasteiger partial charge in [-0.15, -0.1) is 11.8 Å². The first kappa shape index (κ1) is 16.8. The number of hydrogen-bond donors (Lipinski definition) is 1. The number of carbonyl (C=O) groups excluding carboxylic acids is 1. The van der Waals surface area contributed by atoms with E-state index in [1.807, 2.05) is 30.3 Å². The molecule has 26 heavy (non-hydrogen) atoms. The van der Waals surface area contributed by atoms with E-state index < -0.39 is 0 Å². The molecule has 0 radical (unpaired) electrons. The normalized spacial score (nSPS) is 16.1. The van der Waals surface area contributed by atoms with Crippen LogP contribution in [0.4, 0.5) is 4.39 Å². The Morgan fingerprint density at radius 1 is 1.27 bits per heavy atom. The van der Waals surface area contributed by atoms with E-state index in [0.29, 0.717) is 12.1 Å². The van der Waals surface area contributed by atoms with Gasteiger partial charge in [0.1, 0.15) is 5.82 Å². The standard InChI is InChI=1S/C20H18FN3OS/c21-16-6-7-19-17(10-16)18(8-9-26-19)23-20(25)15-11-22-24(13-15)12-14-4-2-1-3-5-14/h1-7,10-11,13,18H,8-9,12H2,(H,23,25). The molecule has 4 rings (SSSR count). The number of halogens is 1. The number of fused-ring (bicyclic) bond motifs is 1. The van der Waals surface area contributed by atoms with Crippen molar-refractivity contribution in [3.8, 4) is 0 Å². The summed E-state index contributed by atoms with van der Waals surface area (Å²) in [6.07, 6.45) is 4.10. The Morgan fingerprint density at radius 2 is 2.12 bits per heavy atom. The lowest BCUT2D eigenvalue weighted by atomic mass is 10.0. The highest BCUT2D eigenvalue weighted by Gasteiger charge is 2.23. The van der Waals surface area contributed by atoms with E-state index in [0.717, 1.165) is 28.2 Å². The molecule has 1 aromatic heterocycles. The number of carbonyl (C=O) groups is 1. The van der Waals surface area contributed by atoms with Crippen molar-refractivity contribution < 1.29 is 9.18 Å². The van der Waals surface area contributed by atoms with Gasteiger partial charge in [-0.2, -0.15) is 5.10 Å². The molecule has 1 unspecified atom stereocenters. The monoisotopic (exact) mass is 367 g/mol. The smallest absolute Gasteiger partial charge is 0.254 e. The Bertz CT molecular complexity index is 926. The van der Waals surface area contributed by atoms with E-state index in [2.05, 4.69) is 10.4 Å². The first-order valence-corrected chi connectivity index (χ1v) is 9.47. The van der Waals surface area contributed by atoms with Gasteiger partial charge in [0.05, 0.1) is 24.3 Å². The molecular formula is C20H18FN3OS. The van der Waals surface area contributed by atoms with Crippen LogP contribution in [0, 0.1) is 5.82 Å². The predicted octanol–water partition coefficient (Wildman–Crippen LogP) is 4.04. The predicted molar refractivity (Wildman–Crippen MR) is 99.7 cm³/mol. The second-order valence-corrected chi connectivity index (χ2v) is 7.39. The maximum absolute atomic E-state index is 13.6. The number of nitrogens with zero attached hydrogens (tertiary/aromatic N) is 2. The number of amides is 1. The summed E-state index contributed by atoms with van der Waals surface area (Å²) < 4.78 is 15.3. The SMILES string of the molecule is O=C(NC1CCSc2ccc(F)cc21)c1cnn(Cc2ccccc2)c1. The molecular weight excluding hydrogens is 349 g/mol. The molecule has 0 aliphatic carbocycles. The lowest BCUT2D eigenvalue weighted by molar-refractivity contribution is 0.0934. The largest absolute Gasteiger partial charge is 0.345 e. The maximum Gasteiger partial charge on any atom is 0.254 e. The van der Waals surface area contributed by atoms with Gasteiger partial charge in [-0.05, 0) is 35.7 Å². The van der Waals surface area contributed by atoms with Crippen LogP contribution in [0.1, 0.15) is 33.9 Å². The van der Waals surface area contributed by atoms with Gasteiger partial charge in [-0.25, -0.2) is 4.39 Å². The third kappa shape index (κ3) is 3.65. The first-order chi connectivity index (χ1) is 12.7. The summed E-state index contributed by atoms with van der Waals surface area (Å²) in [5.74, 6) is 0.439. The molecule has 0 fully saturated rings. The molecule has 0 saturated carbocycles. The van der Waals surface area contributed by atoms with Gasteiger partial charge >= 0.3 is 0 Å². The number of thioether (sulfide) groups is 1. The molecule has 0 bridgehead atoms. The van der Waals surface area contributed by atoms with Crippen molar-refractivity contribution in [2.75, 3.05) is 5.75 Å². The molecule has 2 aromatic carbocycles. The minimum absolute atomic E-state index is 0.174. The first-order valence-electron chi connectivity index (χ1n) is 8.48. The van der Waals surface area contributed by atoms with Crippen molar-refractivity contribution in [2.24, 2.45) is 0 Å². The van der Waals surface area contributed by atoms with Crippen molar-refractivity contribution in [3.05, 3.63) is 83.4 Å². The number of aromatic nitrogens is 2. The Kier molecular flexibility index (Phi) is 4.75. The van der Waals surface area contributed by atoms with Crippen LogP contribution >= 0.6 is 11.8 Å². The van der Waals surface area contributed by atoms with Crippen molar-refractivity contribution in [1.82, 2.24) is 15.1 Å². The second-order valence-electron chi connectivity index (χ2n) is 6.26. The fourth-order valence-corrected chi connectivity index (χ4v) is 4.20. The van der Waals surface area contributed by atoms with Gasteiger partial charge in [-0.1, -0.05) is 30.3 Å². The third-order valence-electron chi connectivity index (χ3n) is 4.40. The van der Waals surface area contributed by atoms with E-state index in [-0.39, 0.29) is 17.8 Å². The lowest BCUT2D eigenvalue weighted by Gasteiger charge is -2.25. The third-order valence-corrected chi connectivity index (χ3v) is 5.52. The molecule has 132 valence electrons. The molecule has 0 spiro atoms. The number of rotatable bonds is 4. The van der Waals surface area contributed by atoms with Crippen molar-refractivity contribution >= 4 is 17.7 Å². The van der Waals surface area contributed by atoms with Crippen molar-refractivity contribution in [2.45, 2.75) is 23.9 Å². The van der Waals surface area contributed by atoms with E-state index in [9.17, 15) is 9.18 Å². The zero-order chi connectivity index (χ0) is 17.9. The molecule has 1 amide bonds. The fraction of sp³-hybridized carbons (Fsp3) is 0.200. The quantitative estimate of drug-likeness (QED) is 0.757. The van der Waals surface area contributed by atoms with Crippen molar-refractivity contribution in [1.29, 1.82) is 0 Å². The maximum atomic E-state index is 13.6. The van der Waals surface area contributed by atoms with Crippen LogP contribution in [0.2, 0.25) is 0 Å². The molecule has 3 aromatic rings. The average molecular weight is 367 g/mol. The highest BCUT2D eigenvalue weighted by Crippen LogP contribution is 2.36. The van der Waals surface area contributed by atoms with Crippen LogP contribution in [0.3, 0.4) is 0 Å². The van der Waals surface area contributed by atoms with Gasteiger partial charge in [0.15, 0.2) is 0 Å². The Hall–Kier alpha value is -2.60. The summed E-state index contributed by atoms with van der Waals surface area (Å²) in [5, 5.41) is 7.30. The summed E-state index contributed by atoms with van der Waals surface area (Å²) in [7, 11) is 0. The van der Waals surface area contributed by atoms with Gasteiger partial charge < -0.3 is 5.32 Å². The summed E-state index contributed by atoms with van der Waals surface area (Å²) in [4.78, 5) is 13.6. The second kappa shape index (κ2) is 7.33. The topological polar surface area (TPSA) is 46.9 Å². The molecule has 1 aliphatic heterocycles. The van der Waals surface area contributed by atoms with E-state index in [1.54, 1.807) is 34.9 Å². The highest BCUT2D eigenvalue weighted by atomic mass is 32.2. The van der Waals surface area contributed by atoms with E-state index in [4.69, 9.17) is 0 Å². The summed E-state index contributed by atoms with van der Waals surface area (Å²) in [5.41, 5.74) is 2.49. The summed E-state index contributed by atoms with van der Waals surface area (Å²) >= 11 is 1.69. The molecule has 1 atom stereocenters. The van der Waals surface area contributed by atoms with Crippen molar-refractivity contribution in [3.63, 3.8) is 0 Å². The van der Waals surface area contributed by atoms with E-state index in [1.165, 1.54) is 12.1 Å². The molecule has 4 nitrogen and oxygen atoms in total. The van der Waals surface area contributed by atoms with Gasteiger partial charge in [0.25, 0.3) is 5.91 Å². The Balaban J connectivity index is 1.47. The molecule has 0 saturated heterocycles. The van der Waals surface area contributed by atoms with Crippen LogP contribution in [0.25, 0.3) is 0 Å². The fourth-order valence-electron chi connectivity index (χ4n) is 3.09. The van der Waals surface area contributed by atoms with Crippen LogP contribution in [-0.2, 0) is 6.54 Å². The number of hydrogen-bond acceptors (Lipinski definition) is 3.